The fourth-order valence-corrected chi connectivity index (χ4v) is 10.6. The van der Waals surface area contributed by atoms with Gasteiger partial charge in [0.05, 0.1) is 48.9 Å². The average Bonchev–Trinajstić information content (AvgIpc) is 4.19. The largest absolute Gasteiger partial charge is 0.453 e. The summed E-state index contributed by atoms with van der Waals surface area (Å²) in [4.78, 5) is 74.3. The molecule has 5 aromatic carbocycles. The number of likely N-dealkylation sites (tertiary alicyclic amines) is 1. The lowest BCUT2D eigenvalue weighted by atomic mass is 9.89. The predicted molar refractivity (Wildman–Crippen MR) is 253 cm³/mol. The third-order valence-corrected chi connectivity index (χ3v) is 13.9. The number of H-pyrrole nitrogens is 2. The molecule has 4 N–H and O–H groups in total. The lowest BCUT2D eigenvalue weighted by Gasteiger charge is -2.39. The molecule has 5 atom stereocenters. The molecule has 1 aliphatic carbocycles. The van der Waals surface area contributed by atoms with Crippen molar-refractivity contribution in [3.05, 3.63) is 108 Å². The highest BCUT2D eigenvalue weighted by molar-refractivity contribution is 6.07. The van der Waals surface area contributed by atoms with Crippen LogP contribution in [0.2, 0.25) is 0 Å². The van der Waals surface area contributed by atoms with Crippen molar-refractivity contribution in [1.82, 2.24) is 40.4 Å². The summed E-state index contributed by atoms with van der Waals surface area (Å²) in [5, 5.41) is 9.59. The molecule has 15 nitrogen and oxygen atoms in total. The van der Waals surface area contributed by atoms with Crippen LogP contribution in [0, 0.1) is 24.2 Å². The zero-order chi connectivity index (χ0) is 46.2. The van der Waals surface area contributed by atoms with Gasteiger partial charge >= 0.3 is 12.2 Å². The molecular weight excluding hydrogens is 849 g/mol. The summed E-state index contributed by atoms with van der Waals surface area (Å²) >= 11 is 0. The van der Waals surface area contributed by atoms with E-state index in [1.165, 1.54) is 14.2 Å². The normalized spacial score (nSPS) is 19.1. The number of ether oxygens (including phenoxy) is 3. The van der Waals surface area contributed by atoms with Gasteiger partial charge in [-0.3, -0.25) is 9.59 Å². The van der Waals surface area contributed by atoms with Crippen molar-refractivity contribution in [3.63, 3.8) is 0 Å². The SMILES string of the molecule is C#CCCN(Cc1nc2c(ccc3cc(-c4ccc5c(ccc6[nH]c([C@@H]7[C@H]8CC[C@H](C8)N7C(=O)[C@@H](NC(=O)OC)C7CCOCC7)nc65)c4)ccc32)[nH]1)C(=O)[C@H](NC(=O)OC)c1ccccc1. The van der Waals surface area contributed by atoms with Crippen LogP contribution < -0.4 is 10.6 Å². The van der Waals surface area contributed by atoms with E-state index in [0.717, 1.165) is 79.8 Å². The van der Waals surface area contributed by atoms with Gasteiger partial charge < -0.3 is 44.6 Å². The number of piperidine rings is 1. The van der Waals surface area contributed by atoms with E-state index in [0.29, 0.717) is 43.9 Å². The van der Waals surface area contributed by atoms with Gasteiger partial charge in [-0.25, -0.2) is 19.6 Å². The Morgan fingerprint density at radius 1 is 0.821 bits per heavy atom. The van der Waals surface area contributed by atoms with E-state index >= 15 is 0 Å². The molecule has 1 saturated carbocycles. The minimum Gasteiger partial charge on any atom is -0.453 e. The van der Waals surface area contributed by atoms with Crippen molar-refractivity contribution < 1.29 is 33.4 Å². The first-order chi connectivity index (χ1) is 32.7. The number of hydrogen-bond acceptors (Lipinski definition) is 9. The minimum atomic E-state index is -0.983. The topological polar surface area (TPSA) is 184 Å². The lowest BCUT2D eigenvalue weighted by Crippen LogP contribution is -2.55. The zero-order valence-electron chi connectivity index (χ0n) is 37.4. The number of imidazole rings is 2. The Balaban J connectivity index is 0.909. The van der Waals surface area contributed by atoms with Crippen molar-refractivity contribution in [2.75, 3.05) is 34.0 Å². The second kappa shape index (κ2) is 18.4. The monoisotopic (exact) mass is 900 g/mol. The van der Waals surface area contributed by atoms with Crippen LogP contribution in [0.3, 0.4) is 0 Å². The molecule has 342 valence electrons. The van der Waals surface area contributed by atoms with Gasteiger partial charge in [0.25, 0.3) is 0 Å². The number of carbonyl (C=O) groups is 4. The van der Waals surface area contributed by atoms with Crippen LogP contribution in [-0.2, 0) is 30.3 Å². The number of carbonyl (C=O) groups excluding carboxylic acids is 4. The Bertz CT molecular complexity index is 3060. The molecule has 3 aliphatic rings. The number of amides is 4. The van der Waals surface area contributed by atoms with Gasteiger partial charge in [-0.2, -0.15) is 0 Å². The van der Waals surface area contributed by atoms with Crippen LogP contribution in [0.25, 0.3) is 54.7 Å². The first kappa shape index (κ1) is 43.5. The van der Waals surface area contributed by atoms with Gasteiger partial charge in [0.15, 0.2) is 0 Å². The summed E-state index contributed by atoms with van der Waals surface area (Å²) in [7, 11) is 2.58. The van der Waals surface area contributed by atoms with Crippen molar-refractivity contribution >= 4 is 67.6 Å². The van der Waals surface area contributed by atoms with E-state index < -0.39 is 24.3 Å². The number of terminal acetylenes is 1. The molecule has 0 spiro atoms. The Kier molecular flexibility index (Phi) is 12.0. The smallest absolute Gasteiger partial charge is 0.407 e. The highest BCUT2D eigenvalue weighted by Crippen LogP contribution is 2.50. The number of aromatic nitrogens is 4. The molecule has 2 aliphatic heterocycles. The molecule has 15 heteroatoms. The quantitative estimate of drug-likeness (QED) is 0.0882. The number of alkyl carbamates (subject to hydrolysis) is 2. The number of rotatable bonds is 12. The van der Waals surface area contributed by atoms with Crippen molar-refractivity contribution in [2.45, 2.75) is 69.2 Å². The molecule has 7 aromatic rings. The molecule has 4 heterocycles. The predicted octanol–water partition coefficient (Wildman–Crippen LogP) is 8.07. The van der Waals surface area contributed by atoms with E-state index in [4.69, 9.17) is 30.6 Å². The number of methoxy groups -OCH3 is 2. The Morgan fingerprint density at radius 3 is 2.15 bits per heavy atom. The maximum absolute atomic E-state index is 14.5. The average molecular weight is 901 g/mol. The fourth-order valence-electron chi connectivity index (χ4n) is 10.6. The molecule has 2 aromatic heterocycles. The fraction of sp³-hybridized carbons (Fsp3) is 0.346. The van der Waals surface area contributed by atoms with Gasteiger partial charge in [-0.05, 0) is 95.7 Å². The van der Waals surface area contributed by atoms with Crippen LogP contribution in [0.5, 0.6) is 0 Å². The molecular formula is C52H52N8O7. The second-order valence-corrected chi connectivity index (χ2v) is 17.8. The van der Waals surface area contributed by atoms with Crippen LogP contribution >= 0.6 is 0 Å². The van der Waals surface area contributed by atoms with Crippen LogP contribution in [0.15, 0.2) is 91.0 Å². The van der Waals surface area contributed by atoms with Crippen LogP contribution in [-0.4, -0.2) is 99.8 Å². The molecule has 10 rings (SSSR count). The van der Waals surface area contributed by atoms with Crippen LogP contribution in [0.4, 0.5) is 9.59 Å². The maximum Gasteiger partial charge on any atom is 0.407 e. The molecule has 2 bridgehead atoms. The number of hydrogen-bond donors (Lipinski definition) is 4. The molecule has 0 radical (unpaired) electrons. The first-order valence-electron chi connectivity index (χ1n) is 22.9. The molecule has 0 unspecified atom stereocenters. The van der Waals surface area contributed by atoms with Crippen LogP contribution in [0.1, 0.15) is 67.8 Å². The summed E-state index contributed by atoms with van der Waals surface area (Å²) in [6.45, 7) is 1.52. The van der Waals surface area contributed by atoms with Crippen molar-refractivity contribution in [1.29, 1.82) is 0 Å². The number of nitrogens with one attached hydrogen (secondary N) is 4. The van der Waals surface area contributed by atoms with E-state index in [2.05, 4.69) is 81.1 Å². The van der Waals surface area contributed by atoms with E-state index in [1.54, 1.807) is 17.0 Å². The summed E-state index contributed by atoms with van der Waals surface area (Å²) in [6.07, 6.45) is 8.88. The number of nitrogens with zero attached hydrogens (tertiary/aromatic N) is 4. The maximum atomic E-state index is 14.5. The van der Waals surface area contributed by atoms with Crippen molar-refractivity contribution in [2.24, 2.45) is 11.8 Å². The number of benzene rings is 5. The second-order valence-electron chi connectivity index (χ2n) is 17.8. The molecule has 4 amide bonds. The first-order valence-corrected chi connectivity index (χ1v) is 22.9. The minimum absolute atomic E-state index is 0.0420. The van der Waals surface area contributed by atoms with Gasteiger partial charge in [0, 0.05) is 43.0 Å². The molecule has 67 heavy (non-hydrogen) atoms. The summed E-state index contributed by atoms with van der Waals surface area (Å²) in [6, 6.07) is 28.2. The van der Waals surface area contributed by atoms with E-state index in [-0.39, 0.29) is 48.8 Å². The third-order valence-electron chi connectivity index (χ3n) is 13.9. The molecule has 2 saturated heterocycles. The molecule has 3 fully saturated rings. The summed E-state index contributed by atoms with van der Waals surface area (Å²) < 4.78 is 15.4. The third kappa shape index (κ3) is 8.38. The Hall–Kier alpha value is -7.44. The Morgan fingerprint density at radius 2 is 1.48 bits per heavy atom. The Labute approximate surface area is 386 Å². The highest BCUT2D eigenvalue weighted by atomic mass is 16.5. The van der Waals surface area contributed by atoms with Gasteiger partial charge in [-0.15, -0.1) is 12.3 Å². The standard InChI is InChI=1S/C52H52N8O7/c1-4-5-23-59(49(61)43(57-51(63)65-2)30-9-7-6-8-10-30)29-42-53-40-19-14-34-26-32(12-17-38(34)45(40)55-42)33-13-18-39-35(27-33)15-20-41-46(39)56-48(54-41)47-36-11-16-37(28-36)60(47)50(62)44(58-52(64)66-3)31-21-24-67-25-22-31/h1,6-10,12-15,17-20,26-27,31,36-37,43-44,47H,5,11,16,21-25,28-29H2,2-3H3,(H,53,55)(H,54,56)(H,57,63)(H,58,64)/t36-,37+,43+,44-,47-/m0/s1. The van der Waals surface area contributed by atoms with Crippen molar-refractivity contribution in [3.8, 4) is 23.5 Å². The highest BCUT2D eigenvalue weighted by Gasteiger charge is 2.52. The van der Waals surface area contributed by atoms with Gasteiger partial charge in [0.2, 0.25) is 11.8 Å². The summed E-state index contributed by atoms with van der Waals surface area (Å²) in [5.74, 6) is 3.80. The summed E-state index contributed by atoms with van der Waals surface area (Å²) in [5.41, 5.74) is 6.07. The van der Waals surface area contributed by atoms with Gasteiger partial charge in [0.1, 0.15) is 23.7 Å². The van der Waals surface area contributed by atoms with Gasteiger partial charge in [-0.1, -0.05) is 66.7 Å². The lowest BCUT2D eigenvalue weighted by molar-refractivity contribution is -0.140. The van der Waals surface area contributed by atoms with E-state index in [9.17, 15) is 19.2 Å². The number of fused-ring (bicyclic) bond motifs is 8. The van der Waals surface area contributed by atoms with E-state index in [1.807, 2.05) is 29.2 Å². The number of aromatic amines is 2. The zero-order valence-corrected chi connectivity index (χ0v) is 37.4.